The lowest BCUT2D eigenvalue weighted by Crippen LogP contribution is -2.41. The van der Waals surface area contributed by atoms with E-state index in [1.165, 1.54) is 33.1 Å². The molecule has 24 heavy (non-hydrogen) atoms. The van der Waals surface area contributed by atoms with Gasteiger partial charge in [-0.1, -0.05) is 4.67 Å². The fourth-order valence-corrected chi connectivity index (χ4v) is 4.25. The molecule has 4 heterocycles. The van der Waals surface area contributed by atoms with Crippen LogP contribution < -0.4 is 13.9 Å². The molecule has 0 aromatic carbocycles. The van der Waals surface area contributed by atoms with E-state index in [1.54, 1.807) is 18.6 Å². The largest absolute Gasteiger partial charge is 0.707 e. The summed E-state index contributed by atoms with van der Waals surface area (Å²) in [5, 5.41) is 22.7. The van der Waals surface area contributed by atoms with E-state index >= 15 is 0 Å². The molecule has 0 saturated carbocycles. The Morgan fingerprint density at radius 3 is 1.42 bits per heavy atom. The van der Waals surface area contributed by atoms with Gasteiger partial charge in [-0.2, -0.15) is 0 Å². The van der Waals surface area contributed by atoms with Crippen molar-refractivity contribution in [3.63, 3.8) is 0 Å². The summed E-state index contributed by atoms with van der Waals surface area (Å²) in [5.41, 5.74) is 0. The molecule has 1 aliphatic rings. The first-order chi connectivity index (χ1) is 11.8. The smallest absolute Gasteiger partial charge is 0.136 e. The monoisotopic (exact) mass is 353 g/mol. The zero-order chi connectivity index (χ0) is 16.2. The quantitative estimate of drug-likeness (QED) is 0.485. The second-order valence-corrected chi connectivity index (χ2v) is 6.78. The highest BCUT2D eigenvalue weighted by atomic mass is 31.2. The molecule has 14 heteroatoms. The van der Waals surface area contributed by atoms with E-state index in [9.17, 15) is 0 Å². The molecule has 13 nitrogen and oxygen atoms in total. The van der Waals surface area contributed by atoms with Crippen LogP contribution in [0.5, 0.6) is 0 Å². The maximum absolute atomic E-state index is 5.93. The van der Waals surface area contributed by atoms with Crippen molar-refractivity contribution in [2.75, 3.05) is 13.1 Å². The van der Waals surface area contributed by atoms with Gasteiger partial charge in [0.15, 0.2) is 0 Å². The zero-order valence-electron chi connectivity index (χ0n) is 12.4. The van der Waals surface area contributed by atoms with E-state index in [-0.39, 0.29) is 0 Å². The van der Waals surface area contributed by atoms with Gasteiger partial charge in [-0.05, 0) is 43.0 Å². The van der Waals surface area contributed by atoms with Gasteiger partial charge in [0.25, 0.3) is 0 Å². The van der Waals surface area contributed by atoms with Gasteiger partial charge in [-0.15, -0.1) is 29.2 Å². The van der Waals surface area contributed by atoms with Crippen LogP contribution in [0.4, 0.5) is 0 Å². The van der Waals surface area contributed by atoms with Gasteiger partial charge in [0.2, 0.25) is 0 Å². The highest BCUT2D eigenvalue weighted by Crippen LogP contribution is 2.57. The molecule has 0 amide bonds. The predicted molar refractivity (Wildman–Crippen MR) is 77.5 cm³/mol. The van der Waals surface area contributed by atoms with Gasteiger partial charge in [-0.3, -0.25) is 0 Å². The van der Waals surface area contributed by atoms with Crippen molar-refractivity contribution in [3.05, 3.63) is 37.2 Å². The van der Waals surface area contributed by atoms with Crippen molar-refractivity contribution in [2.24, 2.45) is 0 Å². The second-order valence-electron chi connectivity index (χ2n) is 4.79. The Hall–Kier alpha value is -2.79. The molecule has 126 valence electrons. The summed E-state index contributed by atoms with van der Waals surface area (Å²) in [5.74, 6) is 0. The molecular formula is C10H14N10O3P+. The first-order valence-electron chi connectivity index (χ1n) is 7.18. The fraction of sp³-hybridized carbons (Fsp3) is 0.400. The Morgan fingerprint density at radius 2 is 1.08 bits per heavy atom. The van der Waals surface area contributed by atoms with Crippen LogP contribution in [0.3, 0.4) is 0 Å². The van der Waals surface area contributed by atoms with E-state index < -0.39 is 8.09 Å². The molecule has 3 aromatic rings. The van der Waals surface area contributed by atoms with Crippen molar-refractivity contribution in [3.8, 4) is 0 Å². The summed E-state index contributed by atoms with van der Waals surface area (Å²) in [6.07, 6.45) is 11.1. The van der Waals surface area contributed by atoms with Gasteiger partial charge in [0, 0.05) is 13.1 Å². The molecule has 0 unspecified atom stereocenters. The molecular weight excluding hydrogens is 339 g/mol. The van der Waals surface area contributed by atoms with Crippen LogP contribution in [-0.2, 0) is 0 Å². The molecule has 0 aliphatic carbocycles. The van der Waals surface area contributed by atoms with Gasteiger partial charge in [0.1, 0.15) is 0 Å². The first-order valence-corrected chi connectivity index (χ1v) is 8.67. The topological polar surface area (TPSA) is 123 Å². The molecule has 0 radical (unpaired) electrons. The van der Waals surface area contributed by atoms with Gasteiger partial charge >= 0.3 is 8.09 Å². The molecule has 4 rings (SSSR count). The molecule has 1 aliphatic heterocycles. The fourth-order valence-electron chi connectivity index (χ4n) is 2.18. The van der Waals surface area contributed by atoms with Gasteiger partial charge in [0.05, 0.1) is 37.2 Å². The number of hydrogen-bond acceptors (Lipinski definition) is 10. The second kappa shape index (κ2) is 6.37. The zero-order valence-corrected chi connectivity index (χ0v) is 13.3. The van der Waals surface area contributed by atoms with Gasteiger partial charge in [-0.25, -0.2) is 0 Å². The first kappa shape index (κ1) is 14.8. The number of aromatic nitrogens is 9. The normalized spacial score (nSPS) is 15.5. The summed E-state index contributed by atoms with van der Waals surface area (Å²) in [4.78, 5) is 3.54. The third-order valence-electron chi connectivity index (χ3n) is 3.19. The maximum Gasteiger partial charge on any atom is 0.707 e. The lowest BCUT2D eigenvalue weighted by atomic mass is 10.4. The summed E-state index contributed by atoms with van der Waals surface area (Å²) in [6, 6.07) is 0. The molecule has 0 spiro atoms. The Bertz CT molecular complexity index is 638. The van der Waals surface area contributed by atoms with Crippen LogP contribution in [0.2, 0.25) is 0 Å². The molecule has 1 fully saturated rings. The summed E-state index contributed by atoms with van der Waals surface area (Å²) in [6.45, 7) is 1.46. The van der Waals surface area contributed by atoms with E-state index in [4.69, 9.17) is 13.9 Å². The van der Waals surface area contributed by atoms with Crippen LogP contribution in [0.15, 0.2) is 37.2 Å². The minimum atomic E-state index is -3.20. The SMILES string of the molecule is c1cn(O[P+](On2ccnn2)(On2ccnn2)N2CCCC2)nn1. The lowest BCUT2D eigenvalue weighted by Gasteiger charge is -2.23. The lowest BCUT2D eigenvalue weighted by molar-refractivity contribution is 0.0440. The third-order valence-corrected chi connectivity index (χ3v) is 5.41. The average molecular weight is 353 g/mol. The summed E-state index contributed by atoms with van der Waals surface area (Å²) in [7, 11) is -3.20. The van der Waals surface area contributed by atoms with E-state index in [2.05, 4.69) is 30.9 Å². The molecule has 3 aromatic heterocycles. The Balaban J connectivity index is 1.70. The maximum atomic E-state index is 5.93. The van der Waals surface area contributed by atoms with Crippen molar-refractivity contribution in [2.45, 2.75) is 12.8 Å². The molecule has 0 atom stereocenters. The predicted octanol–water partition coefficient (Wildman–Crippen LogP) is -1.08. The number of rotatable bonds is 7. The minimum Gasteiger partial charge on any atom is -0.136 e. The standard InChI is InChI=1S/C10H14N10O3P/c1-2-7-17(6-1)24(21-18-8-3-11-14-18,22-19-9-4-12-15-19)23-20-10-5-13-16-20/h3-5,8-10H,1-2,6-7H2/q+1. The molecule has 1 saturated heterocycles. The van der Waals surface area contributed by atoms with Crippen LogP contribution in [0.1, 0.15) is 12.8 Å². The molecule has 0 bridgehead atoms. The van der Waals surface area contributed by atoms with Crippen LogP contribution in [-0.4, -0.2) is 63.2 Å². The number of nitrogens with zero attached hydrogens (tertiary/aromatic N) is 10. The van der Waals surface area contributed by atoms with E-state index in [1.807, 2.05) is 4.67 Å². The average Bonchev–Trinajstić information content (AvgIpc) is 3.37. The Labute approximate surface area is 136 Å². The van der Waals surface area contributed by atoms with Crippen LogP contribution in [0, 0.1) is 0 Å². The van der Waals surface area contributed by atoms with Crippen molar-refractivity contribution >= 4 is 8.09 Å². The van der Waals surface area contributed by atoms with Crippen molar-refractivity contribution in [1.29, 1.82) is 0 Å². The Kier molecular flexibility index (Phi) is 3.92. The van der Waals surface area contributed by atoms with Crippen LogP contribution >= 0.6 is 8.09 Å². The summed E-state index contributed by atoms with van der Waals surface area (Å²) >= 11 is 0. The van der Waals surface area contributed by atoms with Gasteiger partial charge < -0.3 is 0 Å². The van der Waals surface area contributed by atoms with E-state index in [0.717, 1.165) is 25.9 Å². The van der Waals surface area contributed by atoms with Crippen molar-refractivity contribution in [1.82, 2.24) is 50.1 Å². The summed E-state index contributed by atoms with van der Waals surface area (Å²) < 4.78 is 19.7. The Morgan fingerprint density at radius 1 is 0.667 bits per heavy atom. The third kappa shape index (κ3) is 2.98. The minimum absolute atomic E-state index is 0.728. The number of hydrogen-bond donors (Lipinski definition) is 0. The van der Waals surface area contributed by atoms with E-state index in [0.29, 0.717) is 0 Å². The molecule has 0 N–H and O–H groups in total. The highest BCUT2D eigenvalue weighted by Gasteiger charge is 2.63. The van der Waals surface area contributed by atoms with Crippen LogP contribution in [0.25, 0.3) is 0 Å². The highest BCUT2D eigenvalue weighted by molar-refractivity contribution is 7.59. The van der Waals surface area contributed by atoms with Crippen molar-refractivity contribution < 1.29 is 13.9 Å².